The Morgan fingerprint density at radius 1 is 0.379 bits per heavy atom. The molecule has 1 aliphatic heterocycles. The van der Waals surface area contributed by atoms with Gasteiger partial charge in [0.1, 0.15) is 0 Å². The van der Waals surface area contributed by atoms with Gasteiger partial charge in [-0.25, -0.2) is 9.97 Å². The zero-order valence-electron chi connectivity index (χ0n) is 31.8. The number of benzene rings is 9. The summed E-state index contributed by atoms with van der Waals surface area (Å²) in [6.45, 7) is 0. The summed E-state index contributed by atoms with van der Waals surface area (Å²) in [5.41, 5.74) is 10.8. The molecule has 58 heavy (non-hydrogen) atoms. The van der Waals surface area contributed by atoms with Crippen molar-refractivity contribution in [2.45, 2.75) is 12.3 Å². The van der Waals surface area contributed by atoms with Crippen molar-refractivity contribution in [3.8, 4) is 56.2 Å². The molecule has 272 valence electrons. The maximum atomic E-state index is 5.26. The summed E-state index contributed by atoms with van der Waals surface area (Å²) >= 11 is 0. The zero-order chi connectivity index (χ0) is 38.4. The lowest BCUT2D eigenvalue weighted by atomic mass is 9.92. The van der Waals surface area contributed by atoms with Gasteiger partial charge in [0.05, 0.1) is 11.4 Å². The van der Waals surface area contributed by atoms with Crippen molar-refractivity contribution in [1.82, 2.24) is 9.97 Å². The molecule has 9 aromatic carbocycles. The molecule has 1 aliphatic rings. The van der Waals surface area contributed by atoms with Crippen molar-refractivity contribution in [3.05, 3.63) is 206 Å². The van der Waals surface area contributed by atoms with Crippen LogP contribution in [0.5, 0.6) is 0 Å². The minimum Gasteiger partial charge on any atom is -0.269 e. The number of fused-ring (bicyclic) bond motifs is 7. The van der Waals surface area contributed by atoms with Gasteiger partial charge in [0, 0.05) is 35.0 Å². The molecule has 10 aromatic rings. The van der Waals surface area contributed by atoms with Gasteiger partial charge in [0.25, 0.3) is 0 Å². The molecule has 0 saturated heterocycles. The zero-order valence-corrected chi connectivity index (χ0v) is 31.8. The van der Waals surface area contributed by atoms with Crippen molar-refractivity contribution in [2.24, 2.45) is 4.99 Å². The van der Waals surface area contributed by atoms with Crippen LogP contribution in [0.25, 0.3) is 99.2 Å². The smallest absolute Gasteiger partial charge is 0.160 e. The SMILES string of the molecule is C1=CN=CC(c2ccc(-c3cc(-c4cccc(-c5cccc6ccccc56)c4)nc(-c4ccc(-c5ccc6c7ccccc7c7ccccc7c6c5)cc4)n3)cc2)C1. The van der Waals surface area contributed by atoms with Gasteiger partial charge in [-0.15, -0.1) is 0 Å². The standard InChI is InChI=1S/C55H37N3/c1-2-15-45-38(10-1)11-8-20-46(45)42-12-7-13-43(32-42)54-34-53(39-25-21-37(22-26-39)44-14-9-31-56-35-44)57-55(58-54)40-27-23-36(24-28-40)41-29-30-51-49-18-4-3-16-47(49)48-17-5-6-19-50(48)52(51)33-41/h1-13,15-35,44H,14H2. The van der Waals surface area contributed by atoms with Crippen LogP contribution in [0.1, 0.15) is 17.9 Å². The summed E-state index contributed by atoms with van der Waals surface area (Å²) in [6, 6.07) is 67.8. The molecule has 0 amide bonds. The van der Waals surface area contributed by atoms with E-state index in [2.05, 4.69) is 199 Å². The van der Waals surface area contributed by atoms with E-state index in [-0.39, 0.29) is 5.92 Å². The normalized spacial score (nSPS) is 13.8. The van der Waals surface area contributed by atoms with Crippen LogP contribution in [-0.2, 0) is 0 Å². The van der Waals surface area contributed by atoms with E-state index in [1.54, 1.807) is 0 Å². The van der Waals surface area contributed by atoms with Gasteiger partial charge in [-0.1, -0.05) is 176 Å². The number of aromatic nitrogens is 2. The largest absolute Gasteiger partial charge is 0.269 e. The summed E-state index contributed by atoms with van der Waals surface area (Å²) in [4.78, 5) is 14.9. The highest BCUT2D eigenvalue weighted by atomic mass is 14.9. The quantitative estimate of drug-likeness (QED) is 0.159. The van der Waals surface area contributed by atoms with E-state index < -0.39 is 0 Å². The minimum atomic E-state index is 0.284. The molecule has 0 saturated carbocycles. The molecular formula is C55H37N3. The summed E-state index contributed by atoms with van der Waals surface area (Å²) in [6.07, 6.45) is 7.00. The predicted octanol–water partition coefficient (Wildman–Crippen LogP) is 14.5. The van der Waals surface area contributed by atoms with E-state index in [1.807, 2.05) is 12.4 Å². The van der Waals surface area contributed by atoms with Crippen molar-refractivity contribution in [1.29, 1.82) is 0 Å². The lowest BCUT2D eigenvalue weighted by Gasteiger charge is -2.14. The molecule has 0 N–H and O–H groups in total. The van der Waals surface area contributed by atoms with Gasteiger partial charge in [0.15, 0.2) is 5.82 Å². The van der Waals surface area contributed by atoms with Gasteiger partial charge in [-0.05, 0) is 95.5 Å². The van der Waals surface area contributed by atoms with Crippen molar-refractivity contribution in [2.75, 3.05) is 0 Å². The molecule has 1 atom stereocenters. The fourth-order valence-corrected chi connectivity index (χ4v) is 8.70. The molecule has 0 aliphatic carbocycles. The Bertz CT molecular complexity index is 3210. The van der Waals surface area contributed by atoms with Crippen LogP contribution in [0, 0.1) is 0 Å². The highest BCUT2D eigenvalue weighted by Crippen LogP contribution is 2.38. The van der Waals surface area contributed by atoms with Gasteiger partial charge >= 0.3 is 0 Å². The molecule has 1 aromatic heterocycles. The first-order valence-electron chi connectivity index (χ1n) is 19.9. The van der Waals surface area contributed by atoms with Crippen molar-refractivity contribution >= 4 is 49.3 Å². The highest BCUT2D eigenvalue weighted by molar-refractivity contribution is 6.25. The Balaban J connectivity index is 1.00. The molecule has 3 heteroatoms. The fraction of sp³-hybridized carbons (Fsp3) is 0.0364. The number of allylic oxidation sites excluding steroid dienone is 1. The maximum absolute atomic E-state index is 5.26. The Morgan fingerprint density at radius 2 is 0.948 bits per heavy atom. The van der Waals surface area contributed by atoms with E-state index in [1.165, 1.54) is 59.8 Å². The van der Waals surface area contributed by atoms with Gasteiger partial charge < -0.3 is 0 Å². The minimum absolute atomic E-state index is 0.284. The summed E-state index contributed by atoms with van der Waals surface area (Å²) in [5, 5.41) is 10.1. The highest BCUT2D eigenvalue weighted by Gasteiger charge is 2.15. The maximum Gasteiger partial charge on any atom is 0.160 e. The number of rotatable bonds is 6. The van der Waals surface area contributed by atoms with Gasteiger partial charge in [0.2, 0.25) is 0 Å². The third-order valence-corrected chi connectivity index (χ3v) is 11.7. The van der Waals surface area contributed by atoms with E-state index in [4.69, 9.17) is 9.97 Å². The first kappa shape index (κ1) is 33.8. The average Bonchev–Trinajstić information content (AvgIpc) is 3.31. The Labute approximate surface area is 337 Å². The van der Waals surface area contributed by atoms with Crippen LogP contribution in [0.3, 0.4) is 0 Å². The molecular weight excluding hydrogens is 703 g/mol. The summed E-state index contributed by atoms with van der Waals surface area (Å²) < 4.78 is 0. The van der Waals surface area contributed by atoms with Crippen LogP contribution in [0.4, 0.5) is 0 Å². The van der Waals surface area contributed by atoms with E-state index in [9.17, 15) is 0 Å². The summed E-state index contributed by atoms with van der Waals surface area (Å²) in [7, 11) is 0. The third kappa shape index (κ3) is 6.05. The molecule has 11 rings (SSSR count). The Kier molecular flexibility index (Phi) is 8.29. The molecule has 3 nitrogen and oxygen atoms in total. The number of hydrogen-bond acceptors (Lipinski definition) is 3. The van der Waals surface area contributed by atoms with E-state index >= 15 is 0 Å². The van der Waals surface area contributed by atoms with E-state index in [0.717, 1.165) is 45.6 Å². The first-order valence-corrected chi connectivity index (χ1v) is 19.9. The molecule has 0 fully saturated rings. The first-order chi connectivity index (χ1) is 28.7. The van der Waals surface area contributed by atoms with Crippen LogP contribution < -0.4 is 0 Å². The molecule has 0 spiro atoms. The Morgan fingerprint density at radius 3 is 1.67 bits per heavy atom. The van der Waals surface area contributed by atoms with Gasteiger partial charge in [-0.2, -0.15) is 0 Å². The number of hydrogen-bond donors (Lipinski definition) is 0. The van der Waals surface area contributed by atoms with Crippen molar-refractivity contribution < 1.29 is 0 Å². The summed E-state index contributed by atoms with van der Waals surface area (Å²) in [5.74, 6) is 0.978. The lowest BCUT2D eigenvalue weighted by Crippen LogP contribution is -2.01. The average molecular weight is 740 g/mol. The Hall–Kier alpha value is -7.49. The lowest BCUT2D eigenvalue weighted by molar-refractivity contribution is 0.909. The third-order valence-electron chi connectivity index (χ3n) is 11.7. The van der Waals surface area contributed by atoms with Crippen molar-refractivity contribution in [3.63, 3.8) is 0 Å². The van der Waals surface area contributed by atoms with Gasteiger partial charge in [-0.3, -0.25) is 4.99 Å². The van der Waals surface area contributed by atoms with Crippen LogP contribution >= 0.6 is 0 Å². The molecule has 0 radical (unpaired) electrons. The van der Waals surface area contributed by atoms with Crippen LogP contribution in [-0.4, -0.2) is 16.2 Å². The van der Waals surface area contributed by atoms with Crippen LogP contribution in [0.15, 0.2) is 205 Å². The molecule has 2 heterocycles. The number of aliphatic imine (C=N–C) groups is 1. The second kappa shape index (κ2) is 14.2. The second-order valence-corrected chi connectivity index (χ2v) is 15.1. The fourth-order valence-electron chi connectivity index (χ4n) is 8.70. The predicted molar refractivity (Wildman–Crippen MR) is 244 cm³/mol. The monoisotopic (exact) mass is 739 g/mol. The second-order valence-electron chi connectivity index (χ2n) is 15.1. The van der Waals surface area contributed by atoms with E-state index in [0.29, 0.717) is 5.82 Å². The molecule has 0 bridgehead atoms. The molecule has 1 unspecified atom stereocenters. The number of nitrogens with zero attached hydrogens (tertiary/aromatic N) is 3. The topological polar surface area (TPSA) is 38.1 Å². The van der Waals surface area contributed by atoms with Crippen LogP contribution in [0.2, 0.25) is 0 Å².